The maximum atomic E-state index is 6.98. The van der Waals surface area contributed by atoms with Crippen LogP contribution in [0.1, 0.15) is 101 Å². The van der Waals surface area contributed by atoms with Crippen molar-refractivity contribution in [2.24, 2.45) is 0 Å². The highest BCUT2D eigenvalue weighted by Crippen LogP contribution is 2.70. The number of furan rings is 2. The number of rotatable bonds is 4. The zero-order valence-corrected chi connectivity index (χ0v) is 51.6. The van der Waals surface area contributed by atoms with Gasteiger partial charge in [0.15, 0.2) is 0 Å². The van der Waals surface area contributed by atoms with Gasteiger partial charge in [0, 0.05) is 49.6 Å². The maximum absolute atomic E-state index is 6.98. The number of fused-ring (bicyclic) bond motifs is 31. The lowest BCUT2D eigenvalue weighted by molar-refractivity contribution is 0.590. The summed E-state index contributed by atoms with van der Waals surface area (Å²) >= 11 is 0. The van der Waals surface area contributed by atoms with Crippen LogP contribution in [-0.4, -0.2) is 0 Å². The van der Waals surface area contributed by atoms with Crippen LogP contribution in [0.25, 0.3) is 111 Å². The molecule has 20 rings (SSSR count). The van der Waals surface area contributed by atoms with Crippen LogP contribution in [0.4, 0.5) is 17.1 Å². The molecule has 430 valence electrons. The van der Waals surface area contributed by atoms with Gasteiger partial charge in [-0.05, 0) is 208 Å². The molecule has 0 bridgehead atoms. The topological polar surface area (TPSA) is 29.5 Å². The van der Waals surface area contributed by atoms with E-state index in [9.17, 15) is 0 Å². The van der Waals surface area contributed by atoms with Crippen LogP contribution in [0.2, 0.25) is 0 Å². The van der Waals surface area contributed by atoms with Crippen LogP contribution in [0.5, 0.6) is 0 Å². The second kappa shape index (κ2) is 17.6. The Bertz CT molecular complexity index is 5650. The van der Waals surface area contributed by atoms with Crippen LogP contribution in [0, 0.1) is 6.92 Å². The fraction of sp³-hybridized carbons (Fsp3) is 0.114. The number of aryl methyl sites for hydroxylation is 1. The molecule has 0 saturated carbocycles. The van der Waals surface area contributed by atoms with E-state index in [0.29, 0.717) is 0 Å². The molecular formula is C88H61NO2. The van der Waals surface area contributed by atoms with Crippen molar-refractivity contribution in [1.29, 1.82) is 0 Å². The largest absolute Gasteiger partial charge is 0.456 e. The van der Waals surface area contributed by atoms with Crippen molar-refractivity contribution in [1.82, 2.24) is 0 Å². The molecule has 0 radical (unpaired) electrons. The number of nitrogens with zero attached hydrogens (tertiary/aromatic N) is 1. The van der Waals surface area contributed by atoms with Gasteiger partial charge in [0.2, 0.25) is 0 Å². The van der Waals surface area contributed by atoms with Crippen LogP contribution in [0.3, 0.4) is 0 Å². The summed E-state index contributed by atoms with van der Waals surface area (Å²) < 4.78 is 13.8. The Kier molecular flexibility index (Phi) is 9.88. The monoisotopic (exact) mass is 1160 g/mol. The van der Waals surface area contributed by atoms with Gasteiger partial charge >= 0.3 is 0 Å². The first kappa shape index (κ1) is 51.2. The molecule has 2 spiro atoms. The van der Waals surface area contributed by atoms with Gasteiger partial charge in [0.25, 0.3) is 0 Å². The Morgan fingerprint density at radius 2 is 0.780 bits per heavy atom. The molecular weight excluding hydrogens is 1100 g/mol. The van der Waals surface area contributed by atoms with Gasteiger partial charge in [-0.25, -0.2) is 0 Å². The first-order valence-electron chi connectivity index (χ1n) is 32.2. The highest BCUT2D eigenvalue weighted by molar-refractivity contribution is 6.20. The van der Waals surface area contributed by atoms with Gasteiger partial charge in [-0.2, -0.15) is 0 Å². The van der Waals surface area contributed by atoms with E-state index in [0.717, 1.165) is 61.3 Å². The Morgan fingerprint density at radius 3 is 1.40 bits per heavy atom. The molecule has 3 heteroatoms. The number of benzene rings is 13. The summed E-state index contributed by atoms with van der Waals surface area (Å²) in [6.45, 7) is 13.9. The van der Waals surface area contributed by atoms with Gasteiger partial charge in [0.1, 0.15) is 22.3 Å². The summed E-state index contributed by atoms with van der Waals surface area (Å²) in [6, 6.07) is 99.4. The zero-order valence-electron chi connectivity index (χ0n) is 51.6. The molecule has 91 heavy (non-hydrogen) atoms. The molecule has 5 aliphatic carbocycles. The second-order valence-corrected chi connectivity index (χ2v) is 27.8. The third-order valence-electron chi connectivity index (χ3n) is 21.9. The molecule has 0 fully saturated rings. The molecule has 0 N–H and O–H groups in total. The molecule has 5 aliphatic rings. The summed E-state index contributed by atoms with van der Waals surface area (Å²) in [7, 11) is 0. The number of hydrogen-bond donors (Lipinski definition) is 0. The Balaban J connectivity index is 0.835. The summed E-state index contributed by atoms with van der Waals surface area (Å²) in [4.78, 5) is 2.52. The van der Waals surface area contributed by atoms with E-state index in [1.807, 2.05) is 0 Å². The summed E-state index contributed by atoms with van der Waals surface area (Å²) in [5.74, 6) is 0. The van der Waals surface area contributed by atoms with E-state index in [1.165, 1.54) is 133 Å². The molecule has 15 aromatic rings. The van der Waals surface area contributed by atoms with Crippen molar-refractivity contribution in [3.05, 3.63) is 328 Å². The van der Waals surface area contributed by atoms with Crippen LogP contribution < -0.4 is 4.90 Å². The molecule has 0 unspecified atom stereocenters. The smallest absolute Gasteiger partial charge is 0.143 e. The van der Waals surface area contributed by atoms with E-state index in [1.54, 1.807) is 0 Å². The molecule has 0 saturated heterocycles. The number of hydrogen-bond acceptors (Lipinski definition) is 3. The predicted octanol–water partition coefficient (Wildman–Crippen LogP) is 23.2. The molecule has 3 nitrogen and oxygen atoms in total. The van der Waals surface area contributed by atoms with Crippen LogP contribution >= 0.6 is 0 Å². The first-order valence-corrected chi connectivity index (χ1v) is 32.2. The van der Waals surface area contributed by atoms with Gasteiger partial charge in [-0.3, -0.25) is 0 Å². The molecule has 0 atom stereocenters. The van der Waals surface area contributed by atoms with Crippen molar-refractivity contribution < 1.29 is 8.83 Å². The van der Waals surface area contributed by atoms with Crippen LogP contribution in [0.15, 0.2) is 270 Å². The van der Waals surface area contributed by atoms with Crippen molar-refractivity contribution in [3.63, 3.8) is 0 Å². The zero-order chi connectivity index (χ0) is 60.6. The average molecular weight is 1160 g/mol. The SMILES string of the molecule is Cc1ccc(N(c2ccc3c(c2)C(C)(C)c2cc(-c4ccc(C(C)(C)C)cc4)c4oc5ccccc5c4c2-3)c2ccc3c(c2)C2(c4ccccc4-c4ccccc42)c2cc4c(cc2-3)C2(c3ccccc3-c3ccccc32)c2ccc3oc5ccccc5c3c2-4)cc1. The third kappa shape index (κ3) is 6.38. The molecule has 2 aromatic heterocycles. The predicted molar refractivity (Wildman–Crippen MR) is 375 cm³/mol. The minimum absolute atomic E-state index is 0.0395. The minimum Gasteiger partial charge on any atom is -0.456 e. The lowest BCUT2D eigenvalue weighted by Gasteiger charge is -2.33. The first-order chi connectivity index (χ1) is 44.4. The lowest BCUT2D eigenvalue weighted by atomic mass is 9.68. The van der Waals surface area contributed by atoms with E-state index < -0.39 is 10.8 Å². The average Bonchev–Trinajstić information content (AvgIpc) is 1.49. The van der Waals surface area contributed by atoms with Crippen molar-refractivity contribution >= 4 is 60.9 Å². The summed E-state index contributed by atoms with van der Waals surface area (Å²) in [6.07, 6.45) is 0. The quantitative estimate of drug-likeness (QED) is 0.176. The van der Waals surface area contributed by atoms with Crippen molar-refractivity contribution in [3.8, 4) is 66.8 Å². The molecule has 13 aromatic carbocycles. The highest BCUT2D eigenvalue weighted by atomic mass is 16.3. The summed E-state index contributed by atoms with van der Waals surface area (Å²) in [5.41, 5.74) is 36.0. The van der Waals surface area contributed by atoms with E-state index in [2.05, 4.69) is 307 Å². The highest BCUT2D eigenvalue weighted by Gasteiger charge is 2.57. The molecule has 0 amide bonds. The third-order valence-corrected chi connectivity index (χ3v) is 21.9. The second-order valence-electron chi connectivity index (χ2n) is 27.8. The van der Waals surface area contributed by atoms with Gasteiger partial charge in [-0.1, -0.05) is 228 Å². The summed E-state index contributed by atoms with van der Waals surface area (Å²) in [5, 5.41) is 4.64. The molecule has 2 heterocycles. The number of para-hydroxylation sites is 2. The van der Waals surface area contributed by atoms with Crippen LogP contribution in [-0.2, 0) is 21.7 Å². The van der Waals surface area contributed by atoms with Gasteiger partial charge in [-0.15, -0.1) is 0 Å². The standard InChI is InChI=1S/C88H61NO2/c1-50-31-37-53(38-32-50)89(54-40-42-61-72(45-54)86(5,6)76-47-64(51-33-35-52(36-34-51)85(2,3)4)84-83(80(61)76)63-24-12-18-30-78(63)91-84)55-39-41-60-65-48-75-66(49-74(65)88(73(60)46-55)69-27-15-9-21-58(69)59-22-10-16-28-70(59)88)81-71(43-44-79-82(81)62-23-11-17-29-77(62)90-79)87(75)67-25-13-7-19-56(67)57-20-8-14-26-68(57)87/h7-49H,1-6H3. The fourth-order valence-electron chi connectivity index (χ4n) is 17.9. The van der Waals surface area contributed by atoms with Gasteiger partial charge < -0.3 is 13.7 Å². The van der Waals surface area contributed by atoms with Crippen molar-refractivity contribution in [2.45, 2.75) is 63.2 Å². The Hall–Kier alpha value is -10.7. The lowest BCUT2D eigenvalue weighted by Crippen LogP contribution is -2.27. The Morgan fingerprint density at radius 1 is 0.319 bits per heavy atom. The van der Waals surface area contributed by atoms with E-state index in [4.69, 9.17) is 8.83 Å². The fourth-order valence-corrected chi connectivity index (χ4v) is 17.9. The van der Waals surface area contributed by atoms with E-state index >= 15 is 0 Å². The maximum Gasteiger partial charge on any atom is 0.143 e. The minimum atomic E-state index is -0.666. The Labute approximate surface area is 529 Å². The normalized spacial score (nSPS) is 15.0. The van der Waals surface area contributed by atoms with Crippen molar-refractivity contribution in [2.75, 3.05) is 4.90 Å². The number of anilines is 3. The van der Waals surface area contributed by atoms with E-state index in [-0.39, 0.29) is 10.8 Å². The molecule has 0 aliphatic heterocycles. The van der Waals surface area contributed by atoms with Gasteiger partial charge in [0.05, 0.1) is 10.8 Å².